The number of aliphatic hydroxyl groups is 2. The van der Waals surface area contributed by atoms with Crippen LogP contribution in [-0.2, 0) is 4.74 Å². The molecule has 1 aromatic heterocycles. The minimum Gasteiger partial charge on any atom is -0.410 e. The molecule has 2 spiro atoms. The second-order valence-corrected chi connectivity index (χ2v) is 18.0. The van der Waals surface area contributed by atoms with Gasteiger partial charge in [-0.1, -0.05) is 62.4 Å². The minimum atomic E-state index is -1.19. The number of aryl methyl sites for hydroxylation is 1. The van der Waals surface area contributed by atoms with Crippen molar-refractivity contribution >= 4 is 34.0 Å². The molecule has 51 heavy (non-hydrogen) atoms. The second kappa shape index (κ2) is 12.4. The van der Waals surface area contributed by atoms with E-state index in [0.29, 0.717) is 38.2 Å². The summed E-state index contributed by atoms with van der Waals surface area (Å²) in [5, 5.41) is 26.0. The molecule has 3 saturated carbocycles. The zero-order chi connectivity index (χ0) is 35.8. The van der Waals surface area contributed by atoms with Crippen LogP contribution in [0.15, 0.2) is 78.4 Å². The number of Topliss-reactive ketones (excluding diaryl/α,β-unsaturated/α-hetero) is 1. The quantitative estimate of drug-likeness (QED) is 0.131. The molecule has 1 unspecified atom stereocenters. The van der Waals surface area contributed by atoms with Gasteiger partial charge < -0.3 is 24.6 Å². The van der Waals surface area contributed by atoms with Crippen molar-refractivity contribution in [3.8, 4) is 5.75 Å². The summed E-state index contributed by atoms with van der Waals surface area (Å²) in [6.45, 7) is 7.67. The van der Waals surface area contributed by atoms with E-state index in [1.165, 1.54) is 0 Å². The van der Waals surface area contributed by atoms with Crippen LogP contribution >= 0.6 is 11.3 Å². The Morgan fingerprint density at radius 3 is 2.45 bits per heavy atom. The number of fused-ring (bicyclic) bond motifs is 2. The molecule has 270 valence electrons. The van der Waals surface area contributed by atoms with Crippen LogP contribution in [-0.4, -0.2) is 65.5 Å². The van der Waals surface area contributed by atoms with Crippen LogP contribution in [0.5, 0.6) is 5.75 Å². The standard InChI is InChI=1S/C43H51NO6S/c1-28-10-13-34(51-28)37(46)33-26-41-20-21-43(33)35(39(41,2)17-14-31(45)25-41)15-18-40(3)36(43)16-19-42(40,48)27-44(22-7-23-49-4)38(47)50-32-12-11-29-8-5-6-9-30(29)24-32/h5-6,8-13,20-21,24,26,31,35-36,45,48H,7,14-19,22-23,25,27H2,1-4H3/t31?,35-,36-,39-,40+,41+,42-,43-/m1/s1. The number of hydrogen-bond donors (Lipinski definition) is 2. The Bertz CT molecular complexity index is 1930. The van der Waals surface area contributed by atoms with Crippen LogP contribution in [0, 0.1) is 40.4 Å². The summed E-state index contributed by atoms with van der Waals surface area (Å²) in [6, 6.07) is 17.6. The molecule has 2 N–H and O–H groups in total. The number of rotatable bonds is 9. The summed E-state index contributed by atoms with van der Waals surface area (Å²) in [6.07, 6.45) is 11.9. The van der Waals surface area contributed by atoms with Gasteiger partial charge in [-0.25, -0.2) is 4.79 Å². The van der Waals surface area contributed by atoms with Gasteiger partial charge in [0.25, 0.3) is 0 Å². The van der Waals surface area contributed by atoms with Crippen LogP contribution in [0.1, 0.15) is 79.8 Å². The van der Waals surface area contributed by atoms with Gasteiger partial charge in [0.2, 0.25) is 0 Å². The molecule has 6 aliphatic rings. The van der Waals surface area contributed by atoms with Gasteiger partial charge in [0, 0.05) is 47.0 Å². The van der Waals surface area contributed by atoms with Gasteiger partial charge in [-0.3, -0.25) is 4.79 Å². The number of aliphatic hydroxyl groups excluding tert-OH is 1. The molecule has 0 saturated heterocycles. The molecule has 8 atom stereocenters. The lowest BCUT2D eigenvalue weighted by molar-refractivity contribution is -0.175. The molecule has 2 aromatic carbocycles. The lowest BCUT2D eigenvalue weighted by Crippen LogP contribution is -2.67. The van der Waals surface area contributed by atoms with E-state index in [1.54, 1.807) is 23.3 Å². The van der Waals surface area contributed by atoms with Crippen LogP contribution in [0.2, 0.25) is 0 Å². The average molecular weight is 710 g/mol. The van der Waals surface area contributed by atoms with Crippen LogP contribution in [0.4, 0.5) is 4.79 Å². The molecular formula is C43H51NO6S. The molecule has 2 bridgehead atoms. The van der Waals surface area contributed by atoms with E-state index in [1.807, 2.05) is 61.5 Å². The van der Waals surface area contributed by atoms with Crippen LogP contribution < -0.4 is 4.74 Å². The van der Waals surface area contributed by atoms with Gasteiger partial charge in [-0.2, -0.15) is 0 Å². The third-order valence-corrected chi connectivity index (χ3v) is 15.3. The molecule has 9 rings (SSSR count). The normalized spacial score (nSPS) is 36.3. The molecule has 0 aliphatic heterocycles. The molecule has 1 heterocycles. The Morgan fingerprint density at radius 2 is 1.69 bits per heavy atom. The van der Waals surface area contributed by atoms with E-state index in [4.69, 9.17) is 9.47 Å². The molecule has 1 amide bonds. The lowest BCUT2D eigenvalue weighted by Gasteiger charge is -2.71. The number of amides is 1. The van der Waals surface area contributed by atoms with Crippen molar-refractivity contribution in [2.75, 3.05) is 26.8 Å². The van der Waals surface area contributed by atoms with Gasteiger partial charge in [-0.05, 0) is 111 Å². The first-order valence-electron chi connectivity index (χ1n) is 18.8. The molecular weight excluding hydrogens is 659 g/mol. The highest BCUT2D eigenvalue weighted by molar-refractivity contribution is 7.14. The van der Waals surface area contributed by atoms with Crippen molar-refractivity contribution in [1.82, 2.24) is 4.90 Å². The van der Waals surface area contributed by atoms with E-state index in [2.05, 4.69) is 32.1 Å². The first kappa shape index (κ1) is 34.8. The van der Waals surface area contributed by atoms with Gasteiger partial charge in [0.05, 0.1) is 23.1 Å². The van der Waals surface area contributed by atoms with E-state index in [0.717, 1.165) is 58.2 Å². The van der Waals surface area contributed by atoms with Crippen molar-refractivity contribution in [3.05, 3.63) is 88.2 Å². The monoisotopic (exact) mass is 709 g/mol. The Balaban J connectivity index is 1.15. The van der Waals surface area contributed by atoms with Crippen molar-refractivity contribution in [3.63, 3.8) is 0 Å². The number of ketones is 1. The molecule has 7 nitrogen and oxygen atoms in total. The topological polar surface area (TPSA) is 96.3 Å². The van der Waals surface area contributed by atoms with Crippen LogP contribution in [0.3, 0.4) is 0 Å². The number of carbonyl (C=O) groups is 2. The smallest absolute Gasteiger partial charge is 0.410 e. The summed E-state index contributed by atoms with van der Waals surface area (Å²) in [7, 11) is 1.65. The fourth-order valence-corrected chi connectivity index (χ4v) is 12.5. The third kappa shape index (κ3) is 5.14. The number of benzene rings is 2. The second-order valence-electron chi connectivity index (χ2n) is 16.7. The zero-order valence-electron chi connectivity index (χ0n) is 30.3. The Labute approximate surface area is 305 Å². The molecule has 3 aromatic rings. The predicted octanol–water partition coefficient (Wildman–Crippen LogP) is 8.52. The Hall–Kier alpha value is -3.30. The maximum atomic E-state index is 14.7. The predicted molar refractivity (Wildman–Crippen MR) is 200 cm³/mol. The Kier molecular flexibility index (Phi) is 8.45. The summed E-state index contributed by atoms with van der Waals surface area (Å²) in [4.78, 5) is 32.3. The molecule has 3 fully saturated rings. The molecule has 8 heteroatoms. The summed E-state index contributed by atoms with van der Waals surface area (Å²) < 4.78 is 11.4. The van der Waals surface area contributed by atoms with Crippen molar-refractivity contribution in [1.29, 1.82) is 0 Å². The van der Waals surface area contributed by atoms with Crippen molar-refractivity contribution in [2.45, 2.75) is 83.8 Å². The lowest BCUT2D eigenvalue weighted by atomic mass is 9.32. The zero-order valence-corrected chi connectivity index (χ0v) is 31.1. The largest absolute Gasteiger partial charge is 0.415 e. The minimum absolute atomic E-state index is 0.000525. The summed E-state index contributed by atoms with van der Waals surface area (Å²) >= 11 is 1.54. The number of thiophene rings is 1. The maximum absolute atomic E-state index is 14.7. The van der Waals surface area contributed by atoms with Gasteiger partial charge in [0.1, 0.15) is 5.75 Å². The number of carbonyl (C=O) groups excluding carboxylic acids is 2. The SMILES string of the molecule is COCCCN(C[C@]1(O)CC[C@H]2[C@]34C=C[C@@]5(C=C3C(=O)c3ccc(C)s3)CC(O)CC[C@]5(C)[C@H]4CC[C@@]21C)C(=O)Oc1ccc2ccccc2c1. The fraction of sp³-hybridized carbons (Fsp3) is 0.535. The highest BCUT2D eigenvalue weighted by Gasteiger charge is 2.74. The Morgan fingerprint density at radius 1 is 0.941 bits per heavy atom. The van der Waals surface area contributed by atoms with E-state index in [-0.39, 0.29) is 35.0 Å². The molecule has 6 aliphatic carbocycles. The highest BCUT2D eigenvalue weighted by atomic mass is 32.1. The van der Waals surface area contributed by atoms with Gasteiger partial charge in [-0.15, -0.1) is 11.3 Å². The highest BCUT2D eigenvalue weighted by Crippen LogP contribution is 2.78. The van der Waals surface area contributed by atoms with Crippen molar-refractivity contribution < 1.29 is 29.3 Å². The first-order valence-corrected chi connectivity index (χ1v) is 19.6. The van der Waals surface area contributed by atoms with E-state index < -0.39 is 28.6 Å². The summed E-state index contributed by atoms with van der Waals surface area (Å²) in [5.74, 6) is 0.770. The van der Waals surface area contributed by atoms with E-state index >= 15 is 0 Å². The number of ether oxygens (including phenoxy) is 2. The average Bonchev–Trinajstić information content (AvgIpc) is 3.67. The van der Waals surface area contributed by atoms with Crippen molar-refractivity contribution in [2.24, 2.45) is 33.5 Å². The number of methoxy groups -OCH3 is 1. The molecule has 0 radical (unpaired) electrons. The number of hydrogen-bond acceptors (Lipinski definition) is 7. The third-order valence-electron chi connectivity index (χ3n) is 14.3. The summed E-state index contributed by atoms with van der Waals surface area (Å²) in [5.41, 5.74) is -1.92. The van der Waals surface area contributed by atoms with Gasteiger partial charge in [0.15, 0.2) is 5.78 Å². The van der Waals surface area contributed by atoms with Gasteiger partial charge >= 0.3 is 6.09 Å². The fourth-order valence-electron chi connectivity index (χ4n) is 11.6. The first-order chi connectivity index (χ1) is 24.4. The maximum Gasteiger partial charge on any atom is 0.415 e. The number of allylic oxidation sites excluding steroid dienone is 4. The van der Waals surface area contributed by atoms with E-state index in [9.17, 15) is 19.8 Å². The number of nitrogens with zero attached hydrogens (tertiary/aromatic N) is 1. The van der Waals surface area contributed by atoms with Crippen LogP contribution in [0.25, 0.3) is 10.8 Å².